The van der Waals surface area contributed by atoms with Crippen molar-refractivity contribution >= 4 is 34.8 Å². The predicted molar refractivity (Wildman–Crippen MR) is 87.2 cm³/mol. The van der Waals surface area contributed by atoms with E-state index in [-0.39, 0.29) is 17.7 Å². The number of anilines is 2. The molecule has 1 saturated carbocycles. The normalized spacial score (nSPS) is 13.5. The highest BCUT2D eigenvalue weighted by atomic mass is 35.5. The number of carbonyl (C=O) groups is 2. The molecule has 2 N–H and O–H groups in total. The highest BCUT2D eigenvalue weighted by molar-refractivity contribution is 6.30. The molecule has 4 nitrogen and oxygen atoms in total. The van der Waals surface area contributed by atoms with Gasteiger partial charge in [0.15, 0.2) is 0 Å². The highest BCUT2D eigenvalue weighted by Crippen LogP contribution is 2.31. The van der Waals surface area contributed by atoms with Gasteiger partial charge in [0.1, 0.15) is 0 Å². The van der Waals surface area contributed by atoms with Gasteiger partial charge in [-0.2, -0.15) is 0 Å². The van der Waals surface area contributed by atoms with Crippen molar-refractivity contribution in [3.05, 3.63) is 59.1 Å². The van der Waals surface area contributed by atoms with Crippen LogP contribution in [-0.4, -0.2) is 11.8 Å². The third kappa shape index (κ3) is 3.46. The van der Waals surface area contributed by atoms with Crippen LogP contribution < -0.4 is 10.6 Å². The van der Waals surface area contributed by atoms with E-state index in [2.05, 4.69) is 10.6 Å². The molecule has 0 unspecified atom stereocenters. The fourth-order valence-electron chi connectivity index (χ4n) is 2.08. The Balaban J connectivity index is 1.75. The molecular formula is C17H15ClN2O2. The van der Waals surface area contributed by atoms with Crippen LogP contribution in [-0.2, 0) is 4.79 Å². The summed E-state index contributed by atoms with van der Waals surface area (Å²) in [6.07, 6.45) is 1.87. The summed E-state index contributed by atoms with van der Waals surface area (Å²) in [7, 11) is 0. The van der Waals surface area contributed by atoms with Gasteiger partial charge in [0.05, 0.1) is 11.4 Å². The SMILES string of the molecule is O=C(Nc1ccccc1NC(=O)C1CC1)c1ccc(Cl)cc1. The van der Waals surface area contributed by atoms with Gasteiger partial charge in [-0.15, -0.1) is 0 Å². The molecule has 0 saturated heterocycles. The van der Waals surface area contributed by atoms with Crippen LogP contribution in [0, 0.1) is 5.92 Å². The van der Waals surface area contributed by atoms with Crippen molar-refractivity contribution in [3.63, 3.8) is 0 Å². The molecule has 22 heavy (non-hydrogen) atoms. The van der Waals surface area contributed by atoms with Crippen molar-refractivity contribution in [1.29, 1.82) is 0 Å². The Hall–Kier alpha value is -2.33. The molecule has 1 aliphatic rings. The number of carbonyl (C=O) groups excluding carboxylic acids is 2. The molecule has 0 spiro atoms. The predicted octanol–water partition coefficient (Wildman–Crippen LogP) is 3.94. The lowest BCUT2D eigenvalue weighted by atomic mass is 10.2. The monoisotopic (exact) mass is 314 g/mol. The van der Waals surface area contributed by atoms with Crippen molar-refractivity contribution in [3.8, 4) is 0 Å². The maximum absolute atomic E-state index is 12.2. The average Bonchev–Trinajstić information content (AvgIpc) is 3.34. The first-order chi connectivity index (χ1) is 10.6. The standard InChI is InChI=1S/C17H15ClN2O2/c18-13-9-7-12(8-10-13)17(22)20-15-4-2-1-3-14(15)19-16(21)11-5-6-11/h1-4,7-11H,5-6H2,(H,19,21)(H,20,22). The molecule has 2 aromatic carbocycles. The zero-order chi connectivity index (χ0) is 15.5. The van der Waals surface area contributed by atoms with E-state index >= 15 is 0 Å². The van der Waals surface area contributed by atoms with Gasteiger partial charge in [-0.25, -0.2) is 0 Å². The Kier molecular flexibility index (Phi) is 4.11. The first kappa shape index (κ1) is 14.6. The molecule has 0 bridgehead atoms. The lowest BCUT2D eigenvalue weighted by Gasteiger charge is -2.12. The molecule has 0 aliphatic heterocycles. The van der Waals surface area contributed by atoms with Crippen molar-refractivity contribution in [2.45, 2.75) is 12.8 Å². The second-order valence-electron chi connectivity index (χ2n) is 5.27. The van der Waals surface area contributed by atoms with Crippen LogP contribution in [0.1, 0.15) is 23.2 Å². The molecule has 0 atom stereocenters. The summed E-state index contributed by atoms with van der Waals surface area (Å²) in [5.74, 6) is -0.127. The number of benzene rings is 2. The molecule has 5 heteroatoms. The minimum atomic E-state index is -0.246. The fourth-order valence-corrected chi connectivity index (χ4v) is 2.20. The number of halogens is 1. The van der Waals surface area contributed by atoms with Crippen LogP contribution in [0.4, 0.5) is 11.4 Å². The minimum absolute atomic E-state index is 0.00759. The number of rotatable bonds is 4. The van der Waals surface area contributed by atoms with Crippen molar-refractivity contribution < 1.29 is 9.59 Å². The number of amides is 2. The van der Waals surface area contributed by atoms with Gasteiger partial charge in [0, 0.05) is 16.5 Å². The number of nitrogens with one attached hydrogen (secondary N) is 2. The van der Waals surface area contributed by atoms with Crippen LogP contribution in [0.5, 0.6) is 0 Å². The van der Waals surface area contributed by atoms with Crippen LogP contribution in [0.3, 0.4) is 0 Å². The zero-order valence-corrected chi connectivity index (χ0v) is 12.6. The summed E-state index contributed by atoms with van der Waals surface area (Å²) in [5, 5.41) is 6.26. The van der Waals surface area contributed by atoms with E-state index in [9.17, 15) is 9.59 Å². The third-order valence-corrected chi connectivity index (χ3v) is 3.74. The molecular weight excluding hydrogens is 300 g/mol. The van der Waals surface area contributed by atoms with Gasteiger partial charge in [-0.05, 0) is 49.2 Å². The van der Waals surface area contributed by atoms with Crippen LogP contribution in [0.2, 0.25) is 5.02 Å². The molecule has 1 fully saturated rings. The number of hydrogen-bond acceptors (Lipinski definition) is 2. The zero-order valence-electron chi connectivity index (χ0n) is 11.8. The first-order valence-electron chi connectivity index (χ1n) is 7.10. The van der Waals surface area contributed by atoms with E-state index < -0.39 is 0 Å². The molecule has 2 amide bonds. The molecule has 2 aromatic rings. The fraction of sp³-hybridized carbons (Fsp3) is 0.176. The van der Waals surface area contributed by atoms with E-state index in [1.54, 1.807) is 36.4 Å². The summed E-state index contributed by atoms with van der Waals surface area (Å²) in [6.45, 7) is 0. The third-order valence-electron chi connectivity index (χ3n) is 3.49. The largest absolute Gasteiger partial charge is 0.324 e. The van der Waals surface area contributed by atoms with E-state index in [0.717, 1.165) is 12.8 Å². The summed E-state index contributed by atoms with van der Waals surface area (Å²) < 4.78 is 0. The van der Waals surface area contributed by atoms with Crippen LogP contribution in [0.25, 0.3) is 0 Å². The number of para-hydroxylation sites is 2. The van der Waals surface area contributed by atoms with Crippen LogP contribution >= 0.6 is 11.6 Å². The first-order valence-corrected chi connectivity index (χ1v) is 7.48. The maximum atomic E-state index is 12.2. The van der Waals surface area contributed by atoms with Crippen LogP contribution in [0.15, 0.2) is 48.5 Å². The molecule has 0 aromatic heterocycles. The van der Waals surface area contributed by atoms with E-state index in [1.807, 2.05) is 12.1 Å². The second-order valence-corrected chi connectivity index (χ2v) is 5.71. The average molecular weight is 315 g/mol. The lowest BCUT2D eigenvalue weighted by molar-refractivity contribution is -0.117. The van der Waals surface area contributed by atoms with Gasteiger partial charge in [0.25, 0.3) is 5.91 Å². The summed E-state index contributed by atoms with van der Waals surface area (Å²) in [5.41, 5.74) is 1.70. The minimum Gasteiger partial charge on any atom is -0.324 e. The van der Waals surface area contributed by atoms with E-state index in [1.165, 1.54) is 0 Å². The van der Waals surface area contributed by atoms with Gasteiger partial charge in [-0.1, -0.05) is 23.7 Å². The van der Waals surface area contributed by atoms with E-state index in [4.69, 9.17) is 11.6 Å². The number of hydrogen-bond donors (Lipinski definition) is 2. The Morgan fingerprint density at radius 2 is 1.50 bits per heavy atom. The molecule has 0 heterocycles. The Labute approximate surface area is 133 Å². The summed E-state index contributed by atoms with van der Waals surface area (Å²) in [6, 6.07) is 13.8. The quantitative estimate of drug-likeness (QED) is 0.898. The van der Waals surface area contributed by atoms with E-state index in [0.29, 0.717) is 22.0 Å². The molecule has 3 rings (SSSR count). The lowest BCUT2D eigenvalue weighted by Crippen LogP contribution is -2.17. The van der Waals surface area contributed by atoms with Crippen molar-refractivity contribution in [2.75, 3.05) is 10.6 Å². The Morgan fingerprint density at radius 3 is 2.09 bits per heavy atom. The maximum Gasteiger partial charge on any atom is 0.255 e. The molecule has 112 valence electrons. The summed E-state index contributed by atoms with van der Waals surface area (Å²) >= 11 is 5.82. The van der Waals surface area contributed by atoms with Gasteiger partial charge in [0.2, 0.25) is 5.91 Å². The van der Waals surface area contributed by atoms with Gasteiger partial charge < -0.3 is 10.6 Å². The van der Waals surface area contributed by atoms with Gasteiger partial charge >= 0.3 is 0 Å². The Morgan fingerprint density at radius 1 is 0.909 bits per heavy atom. The topological polar surface area (TPSA) is 58.2 Å². The highest BCUT2D eigenvalue weighted by Gasteiger charge is 2.29. The second kappa shape index (κ2) is 6.20. The Bertz CT molecular complexity index is 709. The van der Waals surface area contributed by atoms with Crippen molar-refractivity contribution in [2.24, 2.45) is 5.92 Å². The summed E-state index contributed by atoms with van der Waals surface area (Å²) in [4.78, 5) is 24.1. The molecule has 0 radical (unpaired) electrons. The molecule has 1 aliphatic carbocycles. The smallest absolute Gasteiger partial charge is 0.255 e. The van der Waals surface area contributed by atoms with Gasteiger partial charge in [-0.3, -0.25) is 9.59 Å². The van der Waals surface area contributed by atoms with Crippen molar-refractivity contribution in [1.82, 2.24) is 0 Å².